The van der Waals surface area contributed by atoms with Crippen LogP contribution in [-0.2, 0) is 24.3 Å². The van der Waals surface area contributed by atoms with Crippen molar-refractivity contribution < 1.29 is 32.3 Å². The largest absolute Gasteiger partial charge is 0.465 e. The van der Waals surface area contributed by atoms with Crippen LogP contribution in [0, 0.1) is 6.92 Å². The minimum atomic E-state index is -4.05. The molecule has 29 heavy (non-hydrogen) atoms. The maximum Gasteiger partial charge on any atom is 0.337 e. The second-order valence-electron chi connectivity index (χ2n) is 6.05. The van der Waals surface area contributed by atoms with Gasteiger partial charge >= 0.3 is 11.9 Å². The summed E-state index contributed by atoms with van der Waals surface area (Å²) in [5.74, 6) is -1.77. The molecule has 154 valence electrons. The van der Waals surface area contributed by atoms with E-state index in [1.54, 1.807) is 6.92 Å². The number of anilines is 2. The van der Waals surface area contributed by atoms with E-state index in [-0.39, 0.29) is 27.6 Å². The Morgan fingerprint density at radius 1 is 0.897 bits per heavy atom. The van der Waals surface area contributed by atoms with E-state index in [0.717, 1.165) is 14.2 Å². The third kappa shape index (κ3) is 5.32. The molecule has 0 heterocycles. The van der Waals surface area contributed by atoms with Gasteiger partial charge < -0.3 is 14.8 Å². The summed E-state index contributed by atoms with van der Waals surface area (Å²) in [5.41, 5.74) is 0.964. The highest BCUT2D eigenvalue weighted by Crippen LogP contribution is 2.24. The highest BCUT2D eigenvalue weighted by atomic mass is 32.2. The van der Waals surface area contributed by atoms with Crippen LogP contribution in [0.25, 0.3) is 0 Å². The number of benzene rings is 2. The first-order valence-corrected chi connectivity index (χ1v) is 9.78. The second-order valence-corrected chi connectivity index (χ2v) is 7.73. The van der Waals surface area contributed by atoms with Crippen molar-refractivity contribution in [1.29, 1.82) is 0 Å². The summed E-state index contributed by atoms with van der Waals surface area (Å²) in [6.45, 7) is 3.00. The van der Waals surface area contributed by atoms with Crippen LogP contribution in [0.1, 0.15) is 33.2 Å². The highest BCUT2D eigenvalue weighted by Gasteiger charge is 2.19. The molecular weight excluding hydrogens is 400 g/mol. The molecule has 0 aliphatic carbocycles. The van der Waals surface area contributed by atoms with Crippen molar-refractivity contribution in [3.8, 4) is 0 Å². The highest BCUT2D eigenvalue weighted by molar-refractivity contribution is 7.92. The number of aryl methyl sites for hydroxylation is 1. The lowest BCUT2D eigenvalue weighted by molar-refractivity contribution is -0.114. The van der Waals surface area contributed by atoms with Gasteiger partial charge in [0.1, 0.15) is 0 Å². The van der Waals surface area contributed by atoms with Gasteiger partial charge in [0.05, 0.1) is 35.9 Å². The molecule has 2 N–H and O–H groups in total. The molecule has 0 aromatic heterocycles. The number of hydrogen-bond donors (Lipinski definition) is 2. The summed E-state index contributed by atoms with van der Waals surface area (Å²) < 4.78 is 37.1. The van der Waals surface area contributed by atoms with E-state index in [1.807, 2.05) is 0 Å². The number of ether oxygens (including phenoxy) is 2. The van der Waals surface area contributed by atoms with Gasteiger partial charge in [-0.25, -0.2) is 18.0 Å². The van der Waals surface area contributed by atoms with E-state index < -0.39 is 22.0 Å². The first kappa shape index (κ1) is 21.9. The molecule has 2 aromatic carbocycles. The van der Waals surface area contributed by atoms with Gasteiger partial charge in [0.2, 0.25) is 5.91 Å². The van der Waals surface area contributed by atoms with Crippen molar-refractivity contribution in [2.45, 2.75) is 18.7 Å². The van der Waals surface area contributed by atoms with Crippen molar-refractivity contribution in [3.05, 3.63) is 53.1 Å². The van der Waals surface area contributed by atoms with Gasteiger partial charge in [0.15, 0.2) is 0 Å². The van der Waals surface area contributed by atoms with Crippen LogP contribution in [0.15, 0.2) is 41.3 Å². The topological polar surface area (TPSA) is 128 Å². The zero-order valence-corrected chi connectivity index (χ0v) is 17.0. The van der Waals surface area contributed by atoms with Crippen molar-refractivity contribution in [2.75, 3.05) is 24.3 Å². The maximum absolute atomic E-state index is 12.8. The molecule has 0 atom stereocenters. The number of rotatable bonds is 6. The molecule has 1 amide bonds. The summed E-state index contributed by atoms with van der Waals surface area (Å²) in [7, 11) is -1.72. The Kier molecular flexibility index (Phi) is 6.60. The molecular formula is C19H20N2O7S. The molecule has 0 aliphatic rings. The van der Waals surface area contributed by atoms with E-state index >= 15 is 0 Å². The number of hydrogen-bond acceptors (Lipinski definition) is 7. The Labute approximate surface area is 168 Å². The molecule has 2 aromatic rings. The van der Waals surface area contributed by atoms with Gasteiger partial charge in [-0.2, -0.15) is 0 Å². The number of methoxy groups -OCH3 is 2. The average Bonchev–Trinajstić information content (AvgIpc) is 2.67. The Bertz CT molecular complexity index is 1040. The normalized spacial score (nSPS) is 10.8. The number of esters is 2. The third-order valence-electron chi connectivity index (χ3n) is 3.85. The number of amides is 1. The molecule has 0 aliphatic heterocycles. The molecule has 0 bridgehead atoms. The minimum absolute atomic E-state index is 0.0168. The third-order valence-corrected chi connectivity index (χ3v) is 5.23. The summed E-state index contributed by atoms with van der Waals surface area (Å²) in [4.78, 5) is 34.8. The molecule has 0 radical (unpaired) electrons. The Morgan fingerprint density at radius 2 is 1.45 bits per heavy atom. The zero-order valence-electron chi connectivity index (χ0n) is 16.2. The SMILES string of the molecule is COC(=O)c1cc(NS(=O)(=O)c2ccc(NC(C)=O)c(C)c2)cc(C(=O)OC)c1. The van der Waals surface area contributed by atoms with Gasteiger partial charge in [0, 0.05) is 12.6 Å². The first-order chi connectivity index (χ1) is 13.6. The Hall–Kier alpha value is -3.40. The summed E-state index contributed by atoms with van der Waals surface area (Å²) in [6, 6.07) is 7.91. The van der Waals surface area contributed by atoms with Crippen LogP contribution in [0.3, 0.4) is 0 Å². The fraction of sp³-hybridized carbons (Fsp3) is 0.211. The first-order valence-electron chi connectivity index (χ1n) is 8.30. The van der Waals surface area contributed by atoms with Crippen LogP contribution in [0.2, 0.25) is 0 Å². The molecule has 0 fully saturated rings. The summed E-state index contributed by atoms with van der Waals surface area (Å²) in [6.07, 6.45) is 0. The maximum atomic E-state index is 12.8. The standard InChI is InChI=1S/C19H20N2O7S/c1-11-7-16(5-6-17(11)20-12(2)22)29(25,26)21-15-9-13(18(23)27-3)8-14(10-15)19(24)28-4/h5-10,21H,1-4H3,(H,20,22). The summed E-state index contributed by atoms with van der Waals surface area (Å²) in [5, 5.41) is 2.60. The van der Waals surface area contributed by atoms with Crippen LogP contribution in [0.4, 0.5) is 11.4 Å². The molecule has 0 spiro atoms. The quantitative estimate of drug-likeness (QED) is 0.687. The fourth-order valence-electron chi connectivity index (χ4n) is 2.51. The number of carbonyl (C=O) groups excluding carboxylic acids is 3. The van der Waals surface area contributed by atoms with Crippen molar-refractivity contribution >= 4 is 39.2 Å². The number of carbonyl (C=O) groups is 3. The van der Waals surface area contributed by atoms with E-state index in [2.05, 4.69) is 19.5 Å². The van der Waals surface area contributed by atoms with Gasteiger partial charge in [-0.15, -0.1) is 0 Å². The Morgan fingerprint density at radius 3 is 1.90 bits per heavy atom. The molecule has 2 rings (SSSR count). The van der Waals surface area contributed by atoms with Crippen molar-refractivity contribution in [2.24, 2.45) is 0 Å². The van der Waals surface area contributed by atoms with E-state index in [0.29, 0.717) is 11.3 Å². The zero-order chi connectivity index (χ0) is 21.8. The lowest BCUT2D eigenvalue weighted by Gasteiger charge is -2.13. The van der Waals surface area contributed by atoms with E-state index in [9.17, 15) is 22.8 Å². The smallest absolute Gasteiger partial charge is 0.337 e. The van der Waals surface area contributed by atoms with Gasteiger partial charge in [-0.1, -0.05) is 0 Å². The molecule has 0 unspecified atom stereocenters. The lowest BCUT2D eigenvalue weighted by atomic mass is 10.1. The van der Waals surface area contributed by atoms with Crippen LogP contribution >= 0.6 is 0 Å². The number of sulfonamides is 1. The number of nitrogens with one attached hydrogen (secondary N) is 2. The van der Waals surface area contributed by atoms with Crippen LogP contribution in [-0.4, -0.2) is 40.5 Å². The minimum Gasteiger partial charge on any atom is -0.465 e. The van der Waals surface area contributed by atoms with Gasteiger partial charge in [0.25, 0.3) is 10.0 Å². The molecule has 9 nitrogen and oxygen atoms in total. The van der Waals surface area contributed by atoms with Crippen molar-refractivity contribution in [3.63, 3.8) is 0 Å². The van der Waals surface area contributed by atoms with E-state index in [4.69, 9.17) is 0 Å². The lowest BCUT2D eigenvalue weighted by Crippen LogP contribution is -2.15. The Balaban J connectivity index is 2.43. The van der Waals surface area contributed by atoms with Gasteiger partial charge in [-0.3, -0.25) is 9.52 Å². The fourth-order valence-corrected chi connectivity index (χ4v) is 3.63. The summed E-state index contributed by atoms with van der Waals surface area (Å²) >= 11 is 0. The predicted molar refractivity (Wildman–Crippen MR) is 105 cm³/mol. The second kappa shape index (κ2) is 8.74. The molecule has 0 saturated carbocycles. The molecule has 0 saturated heterocycles. The van der Waals surface area contributed by atoms with Gasteiger partial charge in [-0.05, 0) is 48.9 Å². The molecule has 10 heteroatoms. The average molecular weight is 420 g/mol. The van der Waals surface area contributed by atoms with Crippen molar-refractivity contribution in [1.82, 2.24) is 0 Å². The predicted octanol–water partition coefficient (Wildman–Crippen LogP) is 2.33. The van der Waals surface area contributed by atoms with E-state index in [1.165, 1.54) is 43.3 Å². The monoisotopic (exact) mass is 420 g/mol. The van der Waals surface area contributed by atoms with Crippen LogP contribution in [0.5, 0.6) is 0 Å². The van der Waals surface area contributed by atoms with Crippen LogP contribution < -0.4 is 10.0 Å².